The fourth-order valence-corrected chi connectivity index (χ4v) is 4.09. The van der Waals surface area contributed by atoms with Crippen LogP contribution in [-0.2, 0) is 12.8 Å². The third kappa shape index (κ3) is 2.14. The van der Waals surface area contributed by atoms with Crippen molar-refractivity contribution < 1.29 is 4.79 Å². The molecule has 3 heterocycles. The number of nitrogens with one attached hydrogen (secondary N) is 1. The summed E-state index contributed by atoms with van der Waals surface area (Å²) in [6, 6.07) is 6.62. The van der Waals surface area contributed by atoms with Crippen LogP contribution in [0.1, 0.15) is 40.7 Å². The van der Waals surface area contributed by atoms with Gasteiger partial charge in [0.25, 0.3) is 5.91 Å². The van der Waals surface area contributed by atoms with Crippen molar-refractivity contribution in [2.75, 3.05) is 19.6 Å². The molecule has 1 aromatic carbocycles. The second-order valence-electron chi connectivity index (χ2n) is 6.56. The van der Waals surface area contributed by atoms with Crippen LogP contribution in [-0.4, -0.2) is 36.5 Å². The molecular weight excluding hydrogens is 248 g/mol. The predicted molar refractivity (Wildman–Crippen MR) is 78.9 cm³/mol. The average molecular weight is 270 g/mol. The average Bonchev–Trinajstić information content (AvgIpc) is 2.96. The lowest BCUT2D eigenvalue weighted by atomic mass is 9.84. The van der Waals surface area contributed by atoms with Crippen LogP contribution in [0.25, 0.3) is 0 Å². The Morgan fingerprint density at radius 1 is 1.15 bits per heavy atom. The molecule has 5 rings (SSSR count). The summed E-state index contributed by atoms with van der Waals surface area (Å²) in [5.41, 5.74) is 3.66. The molecule has 1 atom stereocenters. The maximum atomic E-state index is 12.5. The fraction of sp³-hybridized carbons (Fsp3) is 0.588. The summed E-state index contributed by atoms with van der Waals surface area (Å²) in [5.74, 6) is 0.817. The minimum Gasteiger partial charge on any atom is -0.348 e. The van der Waals surface area contributed by atoms with Crippen molar-refractivity contribution in [1.82, 2.24) is 10.2 Å². The first-order valence-corrected chi connectivity index (χ1v) is 7.94. The number of rotatable bonds is 2. The van der Waals surface area contributed by atoms with Crippen molar-refractivity contribution in [2.45, 2.75) is 38.1 Å². The standard InChI is InChI=1S/C17H22N2O/c20-17(15-5-4-12-2-1-3-14(12)10-15)18-16-11-19-8-6-13(16)7-9-19/h4-5,10,13,16H,1-3,6-9,11H2,(H,18,20)/t16-/m1/s1. The summed E-state index contributed by atoms with van der Waals surface area (Å²) in [6.07, 6.45) is 6.04. The van der Waals surface area contributed by atoms with Crippen molar-refractivity contribution in [3.8, 4) is 0 Å². The minimum absolute atomic E-state index is 0.124. The third-order valence-electron chi connectivity index (χ3n) is 5.33. The molecule has 0 spiro atoms. The Balaban J connectivity index is 1.48. The van der Waals surface area contributed by atoms with E-state index in [1.165, 1.54) is 49.9 Å². The molecule has 106 valence electrons. The van der Waals surface area contributed by atoms with Gasteiger partial charge < -0.3 is 10.2 Å². The highest BCUT2D eigenvalue weighted by molar-refractivity contribution is 5.94. The van der Waals surface area contributed by atoms with Gasteiger partial charge >= 0.3 is 0 Å². The zero-order valence-electron chi connectivity index (χ0n) is 11.9. The normalized spacial score (nSPS) is 31.1. The maximum absolute atomic E-state index is 12.5. The number of fused-ring (bicyclic) bond motifs is 4. The summed E-state index contributed by atoms with van der Waals surface area (Å²) in [5, 5.41) is 3.28. The molecule has 1 amide bonds. The molecule has 1 aromatic rings. The molecule has 3 aliphatic heterocycles. The van der Waals surface area contributed by atoms with Crippen molar-refractivity contribution in [1.29, 1.82) is 0 Å². The second kappa shape index (κ2) is 4.88. The van der Waals surface area contributed by atoms with Gasteiger partial charge in [-0.15, -0.1) is 0 Å². The second-order valence-corrected chi connectivity index (χ2v) is 6.56. The van der Waals surface area contributed by atoms with Crippen LogP contribution in [0, 0.1) is 5.92 Å². The van der Waals surface area contributed by atoms with Gasteiger partial charge in [0.05, 0.1) is 0 Å². The van der Waals surface area contributed by atoms with Gasteiger partial charge in [-0.05, 0) is 74.4 Å². The Kier molecular flexibility index (Phi) is 3.03. The third-order valence-corrected chi connectivity index (χ3v) is 5.33. The SMILES string of the molecule is O=C(N[C@@H]1CN2CCC1CC2)c1ccc2c(c1)CCC2. The first kappa shape index (κ1) is 12.4. The minimum atomic E-state index is 0.124. The van der Waals surface area contributed by atoms with Gasteiger partial charge in [0.2, 0.25) is 0 Å². The van der Waals surface area contributed by atoms with Crippen LogP contribution < -0.4 is 5.32 Å². The number of amides is 1. The van der Waals surface area contributed by atoms with E-state index in [-0.39, 0.29) is 5.91 Å². The van der Waals surface area contributed by atoms with E-state index in [0.29, 0.717) is 12.0 Å². The summed E-state index contributed by atoms with van der Waals surface area (Å²) in [6.45, 7) is 3.48. The molecule has 1 N–H and O–H groups in total. The van der Waals surface area contributed by atoms with Crippen LogP contribution in [0.4, 0.5) is 0 Å². The molecule has 3 fully saturated rings. The molecule has 1 aliphatic carbocycles. The van der Waals surface area contributed by atoms with Crippen LogP contribution in [0.2, 0.25) is 0 Å². The lowest BCUT2D eigenvalue weighted by Gasteiger charge is -2.44. The van der Waals surface area contributed by atoms with Crippen LogP contribution in [0.3, 0.4) is 0 Å². The van der Waals surface area contributed by atoms with Crippen molar-refractivity contribution in [3.05, 3.63) is 34.9 Å². The van der Waals surface area contributed by atoms with Crippen molar-refractivity contribution in [3.63, 3.8) is 0 Å². The van der Waals surface area contributed by atoms with Gasteiger partial charge in [-0.25, -0.2) is 0 Å². The number of nitrogens with zero attached hydrogens (tertiary/aromatic N) is 1. The highest BCUT2D eigenvalue weighted by Gasteiger charge is 2.34. The lowest BCUT2D eigenvalue weighted by Crippen LogP contribution is -2.57. The van der Waals surface area contributed by atoms with Gasteiger partial charge in [0.15, 0.2) is 0 Å². The van der Waals surface area contributed by atoms with Gasteiger partial charge in [0, 0.05) is 18.2 Å². The Bertz CT molecular complexity index is 532. The maximum Gasteiger partial charge on any atom is 0.251 e. The van der Waals surface area contributed by atoms with E-state index >= 15 is 0 Å². The topological polar surface area (TPSA) is 32.3 Å². The quantitative estimate of drug-likeness (QED) is 0.891. The highest BCUT2D eigenvalue weighted by Crippen LogP contribution is 2.28. The van der Waals surface area contributed by atoms with Gasteiger partial charge in [-0.3, -0.25) is 4.79 Å². The van der Waals surface area contributed by atoms with Crippen LogP contribution >= 0.6 is 0 Å². The first-order chi connectivity index (χ1) is 9.79. The molecule has 0 aromatic heterocycles. The smallest absolute Gasteiger partial charge is 0.251 e. The van der Waals surface area contributed by atoms with E-state index in [4.69, 9.17) is 0 Å². The van der Waals surface area contributed by atoms with Crippen LogP contribution in [0.15, 0.2) is 18.2 Å². The molecule has 2 bridgehead atoms. The van der Waals surface area contributed by atoms with E-state index in [1.807, 2.05) is 6.07 Å². The van der Waals surface area contributed by atoms with E-state index in [1.54, 1.807) is 0 Å². The Morgan fingerprint density at radius 2 is 1.95 bits per heavy atom. The summed E-state index contributed by atoms with van der Waals surface area (Å²) >= 11 is 0. The van der Waals surface area contributed by atoms with Gasteiger partial charge in [-0.1, -0.05) is 6.07 Å². The zero-order chi connectivity index (χ0) is 13.5. The molecule has 3 nitrogen and oxygen atoms in total. The summed E-state index contributed by atoms with van der Waals surface area (Å²) in [7, 11) is 0. The number of piperidine rings is 3. The number of hydrogen-bond acceptors (Lipinski definition) is 2. The molecule has 0 radical (unpaired) electrons. The zero-order valence-corrected chi connectivity index (χ0v) is 11.9. The Labute approximate surface area is 120 Å². The van der Waals surface area contributed by atoms with Crippen molar-refractivity contribution >= 4 is 5.91 Å². The first-order valence-electron chi connectivity index (χ1n) is 7.94. The highest BCUT2D eigenvalue weighted by atomic mass is 16.1. The molecular formula is C17H22N2O. The van der Waals surface area contributed by atoms with E-state index in [2.05, 4.69) is 22.3 Å². The number of aryl methyl sites for hydroxylation is 2. The number of carbonyl (C=O) groups is 1. The Morgan fingerprint density at radius 3 is 2.70 bits per heavy atom. The van der Waals surface area contributed by atoms with Gasteiger partial charge in [0.1, 0.15) is 0 Å². The summed E-state index contributed by atoms with van der Waals surface area (Å²) in [4.78, 5) is 14.9. The number of hydrogen-bond donors (Lipinski definition) is 1. The lowest BCUT2D eigenvalue weighted by molar-refractivity contribution is 0.0620. The number of carbonyl (C=O) groups excluding carboxylic acids is 1. The summed E-state index contributed by atoms with van der Waals surface area (Å²) < 4.78 is 0. The fourth-order valence-electron chi connectivity index (χ4n) is 4.09. The van der Waals surface area contributed by atoms with E-state index in [9.17, 15) is 4.79 Å². The Hall–Kier alpha value is -1.35. The van der Waals surface area contributed by atoms with Crippen LogP contribution in [0.5, 0.6) is 0 Å². The van der Waals surface area contributed by atoms with Gasteiger partial charge in [-0.2, -0.15) is 0 Å². The monoisotopic (exact) mass is 270 g/mol. The predicted octanol–water partition coefficient (Wildman–Crippen LogP) is 2.00. The number of benzene rings is 1. The molecule has 0 unspecified atom stereocenters. The molecule has 3 saturated heterocycles. The molecule has 4 aliphatic rings. The molecule has 20 heavy (non-hydrogen) atoms. The van der Waals surface area contributed by atoms with E-state index < -0.39 is 0 Å². The van der Waals surface area contributed by atoms with Crippen molar-refractivity contribution in [2.24, 2.45) is 5.92 Å². The van der Waals surface area contributed by atoms with E-state index in [0.717, 1.165) is 18.5 Å². The largest absolute Gasteiger partial charge is 0.348 e. The molecule has 0 saturated carbocycles. The molecule has 3 heteroatoms.